The lowest BCUT2D eigenvalue weighted by Gasteiger charge is -2.14. The Morgan fingerprint density at radius 3 is 2.22 bits per heavy atom. The van der Waals surface area contributed by atoms with E-state index in [1.807, 2.05) is 32.0 Å². The highest BCUT2D eigenvalue weighted by molar-refractivity contribution is 9.11. The topological polar surface area (TPSA) is 105 Å². The first-order valence-corrected chi connectivity index (χ1v) is 13.6. The molecule has 0 atom stereocenters. The zero-order chi connectivity index (χ0) is 26.6. The van der Waals surface area contributed by atoms with Crippen LogP contribution in [0.5, 0.6) is 11.5 Å². The minimum absolute atomic E-state index is 0.00570. The van der Waals surface area contributed by atoms with Crippen molar-refractivity contribution in [1.29, 1.82) is 5.26 Å². The van der Waals surface area contributed by atoms with Gasteiger partial charge in [-0.1, -0.05) is 29.3 Å². The van der Waals surface area contributed by atoms with Crippen molar-refractivity contribution in [2.45, 2.75) is 18.7 Å². The van der Waals surface area contributed by atoms with E-state index in [-0.39, 0.29) is 27.0 Å². The first kappa shape index (κ1) is 27.7. The third-order valence-corrected chi connectivity index (χ3v) is 7.62. The Morgan fingerprint density at radius 1 is 1.06 bits per heavy atom. The second-order valence-corrected chi connectivity index (χ2v) is 11.3. The molecule has 1 amide bonds. The van der Waals surface area contributed by atoms with E-state index in [0.29, 0.717) is 20.2 Å². The second-order valence-electron chi connectivity index (χ2n) is 7.61. The number of amides is 1. The Balaban J connectivity index is 1.93. The molecule has 11 heteroatoms. The van der Waals surface area contributed by atoms with E-state index in [1.54, 1.807) is 12.1 Å². The highest BCUT2D eigenvalue weighted by atomic mass is 79.9. The number of rotatable bonds is 7. The molecule has 0 aromatic heterocycles. The van der Waals surface area contributed by atoms with Gasteiger partial charge in [0.15, 0.2) is 5.75 Å². The number of hydrogen-bond donors (Lipinski definition) is 1. The number of nitriles is 1. The zero-order valence-corrected chi connectivity index (χ0v) is 24.0. The maximum absolute atomic E-state index is 12.8. The van der Waals surface area contributed by atoms with Gasteiger partial charge in [-0.25, -0.2) is 0 Å². The average molecular weight is 655 g/mol. The second kappa shape index (κ2) is 11.5. The van der Waals surface area contributed by atoms with Gasteiger partial charge in [-0.2, -0.15) is 13.7 Å². The molecular weight excluding hydrogens is 636 g/mol. The van der Waals surface area contributed by atoms with Gasteiger partial charge < -0.3 is 14.2 Å². The van der Waals surface area contributed by atoms with E-state index in [1.165, 1.54) is 37.5 Å². The molecule has 0 radical (unpaired) electrons. The van der Waals surface area contributed by atoms with E-state index < -0.39 is 16.0 Å². The Morgan fingerprint density at radius 2 is 1.67 bits per heavy atom. The van der Waals surface area contributed by atoms with E-state index >= 15 is 0 Å². The maximum Gasteiger partial charge on any atom is 0.339 e. The molecule has 0 aliphatic carbocycles. The summed E-state index contributed by atoms with van der Waals surface area (Å²) in [5.41, 5.74) is 2.43. The highest BCUT2D eigenvalue weighted by Gasteiger charge is 2.22. The lowest BCUT2D eigenvalue weighted by molar-refractivity contribution is -0.112. The summed E-state index contributed by atoms with van der Waals surface area (Å²) in [5, 5.41) is 12.2. The van der Waals surface area contributed by atoms with E-state index in [2.05, 4.69) is 37.2 Å². The van der Waals surface area contributed by atoms with Crippen LogP contribution in [0.3, 0.4) is 0 Å². The standard InChI is InChI=1S/C25H19Br2ClN2O5S/c1-14-4-6-18(7-5-14)36(32,33)35-24-21(28)11-16(12-22(24)34-3)10-17(13-29)25(31)30-23-19(26)8-15(2)9-20(23)27/h4-12H,1-3H3,(H,30,31)/b17-10+. The smallest absolute Gasteiger partial charge is 0.339 e. The van der Waals surface area contributed by atoms with Gasteiger partial charge in [0.25, 0.3) is 5.91 Å². The third-order valence-electron chi connectivity index (χ3n) is 4.86. The zero-order valence-electron chi connectivity index (χ0n) is 19.2. The van der Waals surface area contributed by atoms with Crippen LogP contribution in [0.25, 0.3) is 6.08 Å². The Kier molecular flexibility index (Phi) is 8.84. The van der Waals surface area contributed by atoms with Crippen molar-refractivity contribution in [2.75, 3.05) is 12.4 Å². The number of nitrogens with zero attached hydrogens (tertiary/aromatic N) is 1. The summed E-state index contributed by atoms with van der Waals surface area (Å²) in [7, 11) is -2.88. The Labute approximate surface area is 231 Å². The molecule has 1 N–H and O–H groups in total. The first-order valence-electron chi connectivity index (χ1n) is 10.2. The molecule has 0 bridgehead atoms. The molecule has 3 rings (SSSR count). The van der Waals surface area contributed by atoms with E-state index in [9.17, 15) is 18.5 Å². The van der Waals surface area contributed by atoms with Crippen LogP contribution < -0.4 is 14.2 Å². The molecule has 0 unspecified atom stereocenters. The Bertz CT molecular complexity index is 1490. The molecule has 7 nitrogen and oxygen atoms in total. The van der Waals surface area contributed by atoms with Gasteiger partial charge in [0.2, 0.25) is 5.75 Å². The van der Waals surface area contributed by atoms with Crippen molar-refractivity contribution >= 4 is 71.2 Å². The van der Waals surface area contributed by atoms with Crippen molar-refractivity contribution in [1.82, 2.24) is 0 Å². The van der Waals surface area contributed by atoms with Crippen LogP contribution in [-0.2, 0) is 14.9 Å². The number of carbonyl (C=O) groups is 1. The predicted molar refractivity (Wildman–Crippen MR) is 146 cm³/mol. The number of halogens is 3. The van der Waals surface area contributed by atoms with Crippen molar-refractivity contribution in [2.24, 2.45) is 0 Å². The van der Waals surface area contributed by atoms with E-state index in [0.717, 1.165) is 11.1 Å². The number of nitrogens with one attached hydrogen (secondary N) is 1. The number of aryl methyl sites for hydroxylation is 2. The van der Waals surface area contributed by atoms with Crippen LogP contribution in [-0.4, -0.2) is 21.4 Å². The largest absolute Gasteiger partial charge is 0.493 e. The van der Waals surface area contributed by atoms with Crippen LogP contribution in [0.1, 0.15) is 16.7 Å². The molecule has 0 heterocycles. The number of ether oxygens (including phenoxy) is 1. The molecule has 3 aromatic rings. The van der Waals surface area contributed by atoms with Gasteiger partial charge in [-0.05, 0) is 99.3 Å². The summed E-state index contributed by atoms with van der Waals surface area (Å²) in [5.74, 6) is -0.862. The fourth-order valence-corrected chi connectivity index (χ4v) is 5.96. The van der Waals surface area contributed by atoms with Gasteiger partial charge in [0.1, 0.15) is 16.5 Å². The molecule has 186 valence electrons. The molecule has 0 fully saturated rings. The van der Waals surface area contributed by atoms with E-state index in [4.69, 9.17) is 20.5 Å². The summed E-state index contributed by atoms with van der Waals surface area (Å²) in [4.78, 5) is 12.8. The summed E-state index contributed by atoms with van der Waals surface area (Å²) in [6.45, 7) is 3.73. The van der Waals surface area contributed by atoms with Crippen molar-refractivity contribution in [3.8, 4) is 17.6 Å². The molecule has 0 saturated carbocycles. The highest BCUT2D eigenvalue weighted by Crippen LogP contribution is 2.39. The molecule has 3 aromatic carbocycles. The van der Waals surface area contributed by atoms with Gasteiger partial charge in [-0.3, -0.25) is 4.79 Å². The van der Waals surface area contributed by atoms with Gasteiger partial charge in [0, 0.05) is 8.95 Å². The predicted octanol–water partition coefficient (Wildman–Crippen LogP) is 6.80. The summed E-state index contributed by atoms with van der Waals surface area (Å²) in [6.07, 6.45) is 1.30. The molecule has 36 heavy (non-hydrogen) atoms. The minimum atomic E-state index is -4.19. The van der Waals surface area contributed by atoms with Crippen LogP contribution in [0.2, 0.25) is 5.02 Å². The summed E-state index contributed by atoms with van der Waals surface area (Å²) >= 11 is 13.1. The average Bonchev–Trinajstić information content (AvgIpc) is 2.81. The monoisotopic (exact) mass is 652 g/mol. The maximum atomic E-state index is 12.8. The van der Waals surface area contributed by atoms with Gasteiger partial charge in [-0.15, -0.1) is 0 Å². The van der Waals surface area contributed by atoms with Crippen LogP contribution >= 0.6 is 43.5 Å². The lowest BCUT2D eigenvalue weighted by atomic mass is 10.1. The normalized spacial score (nSPS) is 11.5. The molecule has 0 spiro atoms. The van der Waals surface area contributed by atoms with Crippen molar-refractivity contribution in [3.63, 3.8) is 0 Å². The van der Waals surface area contributed by atoms with Gasteiger partial charge in [0.05, 0.1) is 17.8 Å². The third kappa shape index (κ3) is 6.48. The van der Waals surface area contributed by atoms with Gasteiger partial charge >= 0.3 is 10.1 Å². The Hall–Kier alpha value is -2.84. The van der Waals surface area contributed by atoms with Crippen LogP contribution in [0.4, 0.5) is 5.69 Å². The molecule has 0 aliphatic heterocycles. The molecule has 0 saturated heterocycles. The first-order chi connectivity index (χ1) is 16.9. The number of benzene rings is 3. The van der Waals surface area contributed by atoms with Crippen molar-refractivity contribution < 1.29 is 22.1 Å². The number of methoxy groups -OCH3 is 1. The fraction of sp³-hybridized carbons (Fsp3) is 0.120. The number of anilines is 1. The lowest BCUT2D eigenvalue weighted by Crippen LogP contribution is -2.14. The molecule has 0 aliphatic rings. The number of hydrogen-bond acceptors (Lipinski definition) is 6. The SMILES string of the molecule is COc1cc(/C=C(\C#N)C(=O)Nc2c(Br)cc(C)cc2Br)cc(Cl)c1OS(=O)(=O)c1ccc(C)cc1. The van der Waals surface area contributed by atoms with Crippen molar-refractivity contribution in [3.05, 3.63) is 84.8 Å². The van der Waals surface area contributed by atoms with Crippen LogP contribution in [0, 0.1) is 25.2 Å². The van der Waals surface area contributed by atoms with Crippen LogP contribution in [0.15, 0.2) is 67.9 Å². The number of carbonyl (C=O) groups excluding carboxylic acids is 1. The summed E-state index contributed by atoms with van der Waals surface area (Å²) in [6, 6.07) is 14.4. The molecular formula is C25H19Br2ClN2O5S. The quantitative estimate of drug-likeness (QED) is 0.171. The minimum Gasteiger partial charge on any atom is -0.493 e. The summed E-state index contributed by atoms with van der Waals surface area (Å²) < 4.78 is 37.3. The fourth-order valence-electron chi connectivity index (χ4n) is 3.08.